The lowest BCUT2D eigenvalue weighted by Crippen LogP contribution is -2.31. The number of benzene rings is 1. The molecule has 0 fully saturated rings. The van der Waals surface area contributed by atoms with Crippen molar-refractivity contribution in [3.05, 3.63) is 57.4 Å². The van der Waals surface area contributed by atoms with Crippen molar-refractivity contribution in [2.75, 3.05) is 12.3 Å². The first-order valence-corrected chi connectivity index (χ1v) is 9.56. The number of aromatic nitrogens is 2. The number of rotatable bonds is 6. The summed E-state index contributed by atoms with van der Waals surface area (Å²) in [5.74, 6) is -0.254. The minimum absolute atomic E-state index is 0.0920. The molecule has 0 atom stereocenters. The van der Waals surface area contributed by atoms with Crippen molar-refractivity contribution in [1.82, 2.24) is 14.9 Å². The lowest BCUT2D eigenvalue weighted by atomic mass is 10.2. The summed E-state index contributed by atoms with van der Waals surface area (Å²) in [5.41, 5.74) is 0.542. The molecule has 0 aliphatic heterocycles. The summed E-state index contributed by atoms with van der Waals surface area (Å²) < 4.78 is 13.3. The third kappa shape index (κ3) is 4.26. The van der Waals surface area contributed by atoms with Crippen LogP contribution in [0.15, 0.2) is 45.7 Å². The summed E-state index contributed by atoms with van der Waals surface area (Å²) in [6.07, 6.45) is 0. The number of nitrogens with one attached hydrogen (secondary N) is 1. The van der Waals surface area contributed by atoms with Gasteiger partial charge in [0.25, 0.3) is 5.56 Å². The van der Waals surface area contributed by atoms with Gasteiger partial charge in [0.05, 0.1) is 11.1 Å². The Bertz CT molecular complexity index is 954. The van der Waals surface area contributed by atoms with Gasteiger partial charge in [0.2, 0.25) is 5.91 Å². The smallest absolute Gasteiger partial charge is 0.260 e. The van der Waals surface area contributed by atoms with E-state index in [-0.39, 0.29) is 23.0 Å². The van der Waals surface area contributed by atoms with E-state index in [0.29, 0.717) is 28.5 Å². The van der Waals surface area contributed by atoms with Gasteiger partial charge >= 0.3 is 0 Å². The summed E-state index contributed by atoms with van der Waals surface area (Å²) in [5, 5.41) is 2.79. The van der Waals surface area contributed by atoms with Crippen LogP contribution in [0.4, 0.5) is 4.39 Å². The van der Waals surface area contributed by atoms with Gasteiger partial charge in [-0.05, 0) is 36.1 Å². The fourth-order valence-corrected chi connectivity index (χ4v) is 3.95. The molecule has 130 valence electrons. The number of halogens is 1. The Hall–Kier alpha value is -2.19. The van der Waals surface area contributed by atoms with E-state index in [1.165, 1.54) is 35.2 Å². The van der Waals surface area contributed by atoms with Crippen LogP contribution in [-0.4, -0.2) is 33.1 Å². The number of carbonyl (C=O) groups is 1. The number of fused-ring (bicyclic) bond motifs is 1. The highest BCUT2D eigenvalue weighted by Crippen LogP contribution is 2.19. The second-order valence-corrected chi connectivity index (χ2v) is 7.20. The molecular weight excluding hydrogens is 361 g/mol. The number of hydrogen-bond donors (Lipinski definition) is 1. The van der Waals surface area contributed by atoms with Gasteiger partial charge in [-0.15, -0.1) is 11.3 Å². The molecule has 1 aromatic carbocycles. The van der Waals surface area contributed by atoms with E-state index < -0.39 is 0 Å². The Morgan fingerprint density at radius 2 is 2.24 bits per heavy atom. The molecule has 0 aliphatic rings. The molecule has 25 heavy (non-hydrogen) atoms. The van der Waals surface area contributed by atoms with Gasteiger partial charge in [-0.1, -0.05) is 23.9 Å². The topological polar surface area (TPSA) is 66.1 Å². The molecule has 0 saturated heterocycles. The van der Waals surface area contributed by atoms with E-state index in [1.54, 1.807) is 23.1 Å². The van der Waals surface area contributed by atoms with Crippen LogP contribution in [0.2, 0.25) is 0 Å². The monoisotopic (exact) mass is 377 g/mol. The van der Waals surface area contributed by atoms with Crippen LogP contribution in [0.1, 0.15) is 12.5 Å². The molecule has 3 rings (SSSR count). The van der Waals surface area contributed by atoms with Crippen molar-refractivity contribution in [2.24, 2.45) is 0 Å². The average Bonchev–Trinajstić information content (AvgIpc) is 3.07. The lowest BCUT2D eigenvalue weighted by molar-refractivity contribution is -0.128. The molecule has 3 aromatic rings. The van der Waals surface area contributed by atoms with Gasteiger partial charge in [-0.25, -0.2) is 9.37 Å². The summed E-state index contributed by atoms with van der Waals surface area (Å²) >= 11 is 2.58. The van der Waals surface area contributed by atoms with Crippen LogP contribution < -0.4 is 5.56 Å². The first-order chi connectivity index (χ1) is 12.1. The van der Waals surface area contributed by atoms with E-state index in [2.05, 4.69) is 9.97 Å². The van der Waals surface area contributed by atoms with Crippen LogP contribution >= 0.6 is 23.1 Å². The fraction of sp³-hybridized carbons (Fsp3) is 0.235. The van der Waals surface area contributed by atoms with Crippen molar-refractivity contribution in [3.8, 4) is 0 Å². The Kier molecular flexibility index (Phi) is 5.50. The number of aromatic amines is 1. The quantitative estimate of drug-likeness (QED) is 0.529. The molecule has 0 bridgehead atoms. The molecule has 0 aliphatic carbocycles. The Balaban J connectivity index is 1.66. The first-order valence-electron chi connectivity index (χ1n) is 7.69. The predicted molar refractivity (Wildman–Crippen MR) is 98.5 cm³/mol. The highest BCUT2D eigenvalue weighted by molar-refractivity contribution is 7.99. The van der Waals surface area contributed by atoms with Gasteiger partial charge in [0.15, 0.2) is 5.16 Å². The SMILES string of the molecule is CCN(Cc1cccc(F)c1)C(=O)CSc1nc2sccc2c(=O)[nH]1. The van der Waals surface area contributed by atoms with Crippen molar-refractivity contribution in [1.29, 1.82) is 0 Å². The number of thioether (sulfide) groups is 1. The number of thiophene rings is 1. The number of amides is 1. The summed E-state index contributed by atoms with van der Waals surface area (Å²) in [6, 6.07) is 7.94. The Labute approximate surface area is 151 Å². The second-order valence-electron chi connectivity index (χ2n) is 5.34. The predicted octanol–water partition coefficient (Wildman–Crippen LogP) is 3.26. The molecule has 2 aromatic heterocycles. The molecule has 0 unspecified atom stereocenters. The standard InChI is InChI=1S/C17H16FN3O2S2/c1-2-21(9-11-4-3-5-12(18)8-11)14(22)10-25-17-19-15(23)13-6-7-24-16(13)20-17/h3-8H,2,9-10H2,1H3,(H,19,20,23). The number of H-pyrrole nitrogens is 1. The molecule has 1 amide bonds. The highest BCUT2D eigenvalue weighted by Gasteiger charge is 2.14. The van der Waals surface area contributed by atoms with Crippen LogP contribution in [-0.2, 0) is 11.3 Å². The molecular formula is C17H16FN3O2S2. The van der Waals surface area contributed by atoms with Gasteiger partial charge in [0, 0.05) is 13.1 Å². The third-order valence-corrected chi connectivity index (χ3v) is 5.31. The molecule has 8 heteroatoms. The normalized spacial score (nSPS) is 11.0. The zero-order valence-electron chi connectivity index (χ0n) is 13.5. The molecule has 0 saturated carbocycles. The Morgan fingerprint density at radius 1 is 1.40 bits per heavy atom. The highest BCUT2D eigenvalue weighted by atomic mass is 32.2. The average molecular weight is 377 g/mol. The van der Waals surface area contributed by atoms with Crippen LogP contribution in [0.3, 0.4) is 0 Å². The van der Waals surface area contributed by atoms with Crippen LogP contribution in [0.5, 0.6) is 0 Å². The summed E-state index contributed by atoms with van der Waals surface area (Å²) in [4.78, 5) is 33.7. The minimum atomic E-state index is -0.318. The molecule has 2 heterocycles. The number of nitrogens with zero attached hydrogens (tertiary/aromatic N) is 2. The first kappa shape index (κ1) is 17.6. The van der Waals surface area contributed by atoms with Gasteiger partial charge < -0.3 is 9.88 Å². The van der Waals surface area contributed by atoms with Crippen molar-refractivity contribution in [3.63, 3.8) is 0 Å². The minimum Gasteiger partial charge on any atom is -0.338 e. The molecule has 0 radical (unpaired) electrons. The van der Waals surface area contributed by atoms with Crippen molar-refractivity contribution < 1.29 is 9.18 Å². The molecule has 0 spiro atoms. The zero-order chi connectivity index (χ0) is 17.8. The maximum atomic E-state index is 13.3. The van der Waals surface area contributed by atoms with Gasteiger partial charge in [-0.2, -0.15) is 0 Å². The fourth-order valence-electron chi connectivity index (χ4n) is 2.37. The van der Waals surface area contributed by atoms with Gasteiger partial charge in [0.1, 0.15) is 10.6 Å². The molecule has 1 N–H and O–H groups in total. The zero-order valence-corrected chi connectivity index (χ0v) is 15.1. The van der Waals surface area contributed by atoms with Crippen molar-refractivity contribution >= 4 is 39.2 Å². The van der Waals surface area contributed by atoms with Gasteiger partial charge in [-0.3, -0.25) is 9.59 Å². The van der Waals surface area contributed by atoms with Crippen LogP contribution in [0.25, 0.3) is 10.2 Å². The maximum absolute atomic E-state index is 13.3. The number of carbonyl (C=O) groups excluding carboxylic acids is 1. The van der Waals surface area contributed by atoms with Crippen molar-refractivity contribution in [2.45, 2.75) is 18.6 Å². The lowest BCUT2D eigenvalue weighted by Gasteiger charge is -2.20. The molecule has 5 nitrogen and oxygen atoms in total. The largest absolute Gasteiger partial charge is 0.338 e. The van der Waals surface area contributed by atoms with E-state index in [1.807, 2.05) is 12.3 Å². The van der Waals surface area contributed by atoms with E-state index in [4.69, 9.17) is 0 Å². The van der Waals surface area contributed by atoms with E-state index in [9.17, 15) is 14.0 Å². The number of hydrogen-bond acceptors (Lipinski definition) is 5. The maximum Gasteiger partial charge on any atom is 0.260 e. The van der Waals surface area contributed by atoms with Crippen LogP contribution in [0, 0.1) is 5.82 Å². The van der Waals surface area contributed by atoms with E-state index >= 15 is 0 Å². The second kappa shape index (κ2) is 7.79. The summed E-state index contributed by atoms with van der Waals surface area (Å²) in [6.45, 7) is 2.74. The third-order valence-electron chi connectivity index (χ3n) is 3.64. The summed E-state index contributed by atoms with van der Waals surface area (Å²) in [7, 11) is 0. The van der Waals surface area contributed by atoms with E-state index in [0.717, 1.165) is 5.56 Å². The Morgan fingerprint density at radius 3 is 3.00 bits per heavy atom.